The fourth-order valence-corrected chi connectivity index (χ4v) is 2.94. The molecule has 1 aromatic carbocycles. The topological polar surface area (TPSA) is 49.6 Å². The summed E-state index contributed by atoms with van der Waals surface area (Å²) in [5, 5.41) is 2.94. The van der Waals surface area contributed by atoms with Crippen molar-refractivity contribution < 1.29 is 9.18 Å². The Labute approximate surface area is 146 Å². The van der Waals surface area contributed by atoms with E-state index < -0.39 is 6.04 Å². The second kappa shape index (κ2) is 7.44. The predicted octanol–water partition coefficient (Wildman–Crippen LogP) is 2.44. The highest BCUT2D eigenvalue weighted by Gasteiger charge is 2.23. The van der Waals surface area contributed by atoms with Crippen LogP contribution in [0, 0.1) is 5.82 Å². The number of hydrogen-bond acceptors (Lipinski definition) is 3. The molecule has 0 aliphatic rings. The van der Waals surface area contributed by atoms with E-state index in [4.69, 9.17) is 0 Å². The molecule has 130 valence electrons. The lowest BCUT2D eigenvalue weighted by Crippen LogP contribution is -2.38. The van der Waals surface area contributed by atoms with Crippen LogP contribution in [0.25, 0.3) is 5.65 Å². The smallest absolute Gasteiger partial charge is 0.241 e. The van der Waals surface area contributed by atoms with Crippen LogP contribution in [0.4, 0.5) is 4.39 Å². The zero-order valence-electron chi connectivity index (χ0n) is 14.3. The van der Waals surface area contributed by atoms with Crippen LogP contribution in [0.1, 0.15) is 17.3 Å². The zero-order valence-corrected chi connectivity index (χ0v) is 14.3. The quantitative estimate of drug-likeness (QED) is 0.750. The first-order valence-corrected chi connectivity index (χ1v) is 8.17. The minimum Gasteiger partial charge on any atom is -0.354 e. The lowest BCUT2D eigenvalue weighted by molar-refractivity contribution is -0.125. The minimum atomic E-state index is -0.530. The van der Waals surface area contributed by atoms with Gasteiger partial charge in [-0.15, -0.1) is 0 Å². The number of benzene rings is 1. The molecule has 0 saturated carbocycles. The number of likely N-dealkylation sites (N-methyl/N-ethyl adjacent to an activating group) is 1. The molecule has 0 fully saturated rings. The van der Waals surface area contributed by atoms with E-state index in [-0.39, 0.29) is 11.7 Å². The summed E-state index contributed by atoms with van der Waals surface area (Å²) in [5.74, 6) is -0.493. The van der Waals surface area contributed by atoms with Crippen molar-refractivity contribution in [3.05, 3.63) is 71.9 Å². The third-order valence-corrected chi connectivity index (χ3v) is 4.10. The Morgan fingerprint density at radius 3 is 2.88 bits per heavy atom. The van der Waals surface area contributed by atoms with E-state index in [1.165, 1.54) is 12.1 Å². The van der Waals surface area contributed by atoms with Crippen molar-refractivity contribution in [2.24, 2.45) is 0 Å². The molecule has 5 nitrogen and oxygen atoms in total. The highest BCUT2D eigenvalue weighted by molar-refractivity contribution is 5.83. The van der Waals surface area contributed by atoms with Crippen molar-refractivity contribution in [1.29, 1.82) is 0 Å². The van der Waals surface area contributed by atoms with Crippen LogP contribution in [0.2, 0.25) is 0 Å². The van der Waals surface area contributed by atoms with Crippen LogP contribution in [0.5, 0.6) is 0 Å². The second-order valence-corrected chi connectivity index (χ2v) is 6.14. The Hall–Kier alpha value is -2.73. The average molecular weight is 340 g/mol. The monoisotopic (exact) mass is 340 g/mol. The summed E-state index contributed by atoms with van der Waals surface area (Å²) in [5.41, 5.74) is 2.55. The first-order valence-electron chi connectivity index (χ1n) is 8.17. The van der Waals surface area contributed by atoms with E-state index in [1.807, 2.05) is 35.0 Å². The first-order chi connectivity index (χ1) is 12.1. The van der Waals surface area contributed by atoms with Crippen molar-refractivity contribution >= 4 is 11.6 Å². The standard InChI is InChI=1S/C19H21FN4O/c1-23(2)18(14-6-5-7-15(20)12-14)19(25)21-10-9-16-13-22-17-8-3-4-11-24(16)17/h3-8,11-13,18H,9-10H2,1-2H3,(H,21,25). The molecule has 0 radical (unpaired) electrons. The lowest BCUT2D eigenvalue weighted by Gasteiger charge is -2.23. The average Bonchev–Trinajstić information content (AvgIpc) is 2.98. The van der Waals surface area contributed by atoms with Crippen LogP contribution in [0.15, 0.2) is 54.9 Å². The van der Waals surface area contributed by atoms with Gasteiger partial charge in [0.15, 0.2) is 0 Å². The second-order valence-electron chi connectivity index (χ2n) is 6.14. The minimum absolute atomic E-state index is 0.149. The molecule has 2 aromatic heterocycles. The van der Waals surface area contributed by atoms with E-state index >= 15 is 0 Å². The normalized spacial score (nSPS) is 12.5. The first kappa shape index (κ1) is 17.1. The summed E-state index contributed by atoms with van der Waals surface area (Å²) in [6, 6.07) is 11.4. The van der Waals surface area contributed by atoms with Crippen LogP contribution in [-0.2, 0) is 11.2 Å². The van der Waals surface area contributed by atoms with Gasteiger partial charge in [-0.3, -0.25) is 9.69 Å². The molecule has 25 heavy (non-hydrogen) atoms. The Bertz CT molecular complexity index is 874. The van der Waals surface area contributed by atoms with Gasteiger partial charge in [0.1, 0.15) is 17.5 Å². The summed E-state index contributed by atoms with van der Waals surface area (Å²) in [6.45, 7) is 0.487. The van der Waals surface area contributed by atoms with Crippen molar-refractivity contribution in [1.82, 2.24) is 19.6 Å². The van der Waals surface area contributed by atoms with Crippen LogP contribution in [0.3, 0.4) is 0 Å². The van der Waals surface area contributed by atoms with Gasteiger partial charge in [-0.25, -0.2) is 9.37 Å². The number of amides is 1. The third kappa shape index (κ3) is 3.85. The SMILES string of the molecule is CN(C)C(C(=O)NCCc1cnc2ccccn12)c1cccc(F)c1. The molecule has 0 aliphatic carbocycles. The number of carbonyl (C=O) groups is 1. The molecule has 1 unspecified atom stereocenters. The number of pyridine rings is 1. The molecule has 6 heteroatoms. The molecule has 1 atom stereocenters. The van der Waals surface area contributed by atoms with E-state index in [0.717, 1.165) is 11.3 Å². The third-order valence-electron chi connectivity index (χ3n) is 4.10. The fraction of sp³-hybridized carbons (Fsp3) is 0.263. The van der Waals surface area contributed by atoms with Gasteiger partial charge in [-0.2, -0.15) is 0 Å². The van der Waals surface area contributed by atoms with E-state index in [2.05, 4.69) is 10.3 Å². The largest absolute Gasteiger partial charge is 0.354 e. The van der Waals surface area contributed by atoms with Crippen molar-refractivity contribution in [3.8, 4) is 0 Å². The number of halogens is 1. The summed E-state index contributed by atoms with van der Waals surface area (Å²) < 4.78 is 15.5. The maximum atomic E-state index is 13.5. The Balaban J connectivity index is 1.66. The molecule has 3 rings (SSSR count). The van der Waals surface area contributed by atoms with Crippen molar-refractivity contribution in [2.75, 3.05) is 20.6 Å². The summed E-state index contributed by atoms with van der Waals surface area (Å²) in [6.07, 6.45) is 4.44. The Morgan fingerprint density at radius 1 is 1.28 bits per heavy atom. The van der Waals surface area contributed by atoms with Gasteiger partial charge in [0.25, 0.3) is 0 Å². The predicted molar refractivity (Wildman–Crippen MR) is 94.7 cm³/mol. The van der Waals surface area contributed by atoms with Gasteiger partial charge in [0.05, 0.1) is 0 Å². The van der Waals surface area contributed by atoms with E-state index in [9.17, 15) is 9.18 Å². The summed E-state index contributed by atoms with van der Waals surface area (Å²) >= 11 is 0. The van der Waals surface area contributed by atoms with Gasteiger partial charge >= 0.3 is 0 Å². The van der Waals surface area contributed by atoms with Crippen LogP contribution in [-0.4, -0.2) is 40.8 Å². The van der Waals surface area contributed by atoms with E-state index in [1.54, 1.807) is 31.1 Å². The van der Waals surface area contributed by atoms with E-state index in [0.29, 0.717) is 18.5 Å². The number of nitrogens with one attached hydrogen (secondary N) is 1. The molecule has 1 amide bonds. The van der Waals surface area contributed by atoms with Gasteiger partial charge in [0.2, 0.25) is 5.91 Å². The number of aromatic nitrogens is 2. The molecule has 0 spiro atoms. The Morgan fingerprint density at radius 2 is 2.12 bits per heavy atom. The highest BCUT2D eigenvalue weighted by Crippen LogP contribution is 2.19. The number of carbonyl (C=O) groups excluding carboxylic acids is 1. The highest BCUT2D eigenvalue weighted by atomic mass is 19.1. The van der Waals surface area contributed by atoms with Crippen LogP contribution < -0.4 is 5.32 Å². The van der Waals surface area contributed by atoms with Gasteiger partial charge in [-0.1, -0.05) is 18.2 Å². The molecule has 0 aliphatic heterocycles. The molecule has 0 saturated heterocycles. The van der Waals surface area contributed by atoms with Crippen molar-refractivity contribution in [2.45, 2.75) is 12.5 Å². The maximum absolute atomic E-state index is 13.5. The molecular formula is C19H21FN4O. The molecule has 1 N–H and O–H groups in total. The molecule has 3 aromatic rings. The number of fused-ring (bicyclic) bond motifs is 1. The molecule has 2 heterocycles. The fourth-order valence-electron chi connectivity index (χ4n) is 2.94. The Kier molecular flexibility index (Phi) is 5.09. The number of hydrogen-bond donors (Lipinski definition) is 1. The molecule has 0 bridgehead atoms. The number of rotatable bonds is 6. The zero-order chi connectivity index (χ0) is 17.8. The summed E-state index contributed by atoms with van der Waals surface area (Å²) in [7, 11) is 3.61. The van der Waals surface area contributed by atoms with Crippen molar-refractivity contribution in [3.63, 3.8) is 0 Å². The lowest BCUT2D eigenvalue weighted by atomic mass is 10.1. The molecular weight excluding hydrogens is 319 g/mol. The summed E-state index contributed by atoms with van der Waals surface area (Å²) in [4.78, 5) is 18.7. The maximum Gasteiger partial charge on any atom is 0.241 e. The number of imidazole rings is 1. The van der Waals surface area contributed by atoms with Crippen LogP contribution >= 0.6 is 0 Å². The van der Waals surface area contributed by atoms with Gasteiger partial charge in [0, 0.05) is 31.1 Å². The van der Waals surface area contributed by atoms with Gasteiger partial charge in [-0.05, 0) is 43.9 Å². The number of nitrogens with zero attached hydrogens (tertiary/aromatic N) is 3. The van der Waals surface area contributed by atoms with Gasteiger partial charge < -0.3 is 9.72 Å².